The Bertz CT molecular complexity index is 541. The van der Waals surface area contributed by atoms with E-state index >= 15 is 0 Å². The molecular weight excluding hydrogens is 236 g/mol. The molecule has 2 rings (SSSR count). The van der Waals surface area contributed by atoms with Crippen molar-refractivity contribution in [1.82, 2.24) is 9.88 Å². The Morgan fingerprint density at radius 3 is 2.32 bits per heavy atom. The van der Waals surface area contributed by atoms with Crippen LogP contribution in [0.15, 0.2) is 30.3 Å². The summed E-state index contributed by atoms with van der Waals surface area (Å²) >= 11 is 0. The molecule has 102 valence electrons. The SMILES string of the molecule is COc1ccc(CNCc2cc(C)n(C)c2C)cc1. The van der Waals surface area contributed by atoms with E-state index in [4.69, 9.17) is 4.74 Å². The van der Waals surface area contributed by atoms with E-state index in [0.29, 0.717) is 0 Å². The number of aryl methyl sites for hydroxylation is 1. The van der Waals surface area contributed by atoms with Gasteiger partial charge in [0.25, 0.3) is 0 Å². The molecule has 0 bridgehead atoms. The lowest BCUT2D eigenvalue weighted by molar-refractivity contribution is 0.414. The van der Waals surface area contributed by atoms with E-state index in [9.17, 15) is 0 Å². The molecule has 0 amide bonds. The van der Waals surface area contributed by atoms with Crippen LogP contribution in [-0.4, -0.2) is 11.7 Å². The van der Waals surface area contributed by atoms with Gasteiger partial charge in [-0.1, -0.05) is 12.1 Å². The number of rotatable bonds is 5. The zero-order chi connectivity index (χ0) is 13.8. The zero-order valence-corrected chi connectivity index (χ0v) is 12.2. The molecule has 0 saturated carbocycles. The highest BCUT2D eigenvalue weighted by Crippen LogP contribution is 2.14. The standard InChI is InChI=1S/C16H22N2O/c1-12-9-15(13(2)18(12)3)11-17-10-14-5-7-16(19-4)8-6-14/h5-9,17H,10-11H2,1-4H3. The molecular formula is C16H22N2O. The summed E-state index contributed by atoms with van der Waals surface area (Å²) in [5.74, 6) is 0.901. The number of benzene rings is 1. The molecule has 0 aliphatic heterocycles. The van der Waals surface area contributed by atoms with E-state index < -0.39 is 0 Å². The second-order valence-electron chi connectivity index (χ2n) is 4.91. The van der Waals surface area contributed by atoms with E-state index in [1.807, 2.05) is 12.1 Å². The Morgan fingerprint density at radius 2 is 1.79 bits per heavy atom. The van der Waals surface area contributed by atoms with Gasteiger partial charge in [-0.25, -0.2) is 0 Å². The third-order valence-electron chi connectivity index (χ3n) is 3.68. The molecule has 0 atom stereocenters. The highest BCUT2D eigenvalue weighted by atomic mass is 16.5. The minimum Gasteiger partial charge on any atom is -0.497 e. The minimum absolute atomic E-state index is 0.872. The lowest BCUT2D eigenvalue weighted by atomic mass is 10.2. The van der Waals surface area contributed by atoms with Gasteiger partial charge in [-0.05, 0) is 43.2 Å². The summed E-state index contributed by atoms with van der Waals surface area (Å²) in [5.41, 5.74) is 5.28. The van der Waals surface area contributed by atoms with Gasteiger partial charge in [0.2, 0.25) is 0 Å². The van der Waals surface area contributed by atoms with Crippen LogP contribution in [0.4, 0.5) is 0 Å². The largest absolute Gasteiger partial charge is 0.497 e. The Morgan fingerprint density at radius 1 is 1.11 bits per heavy atom. The Balaban J connectivity index is 1.90. The van der Waals surface area contributed by atoms with Crippen molar-refractivity contribution in [2.75, 3.05) is 7.11 Å². The summed E-state index contributed by atoms with van der Waals surface area (Å²) in [6.45, 7) is 6.08. The molecule has 0 saturated heterocycles. The van der Waals surface area contributed by atoms with Gasteiger partial charge in [-0.3, -0.25) is 0 Å². The summed E-state index contributed by atoms with van der Waals surface area (Å²) in [6.07, 6.45) is 0. The Hall–Kier alpha value is -1.74. The quantitative estimate of drug-likeness (QED) is 0.892. The second-order valence-corrected chi connectivity index (χ2v) is 4.91. The number of hydrogen-bond donors (Lipinski definition) is 1. The third-order valence-corrected chi connectivity index (χ3v) is 3.68. The summed E-state index contributed by atoms with van der Waals surface area (Å²) in [5, 5.41) is 3.48. The first-order valence-electron chi connectivity index (χ1n) is 6.57. The fraction of sp³-hybridized carbons (Fsp3) is 0.375. The van der Waals surface area contributed by atoms with Crippen molar-refractivity contribution in [1.29, 1.82) is 0 Å². The van der Waals surface area contributed by atoms with E-state index in [1.54, 1.807) is 7.11 Å². The first-order chi connectivity index (χ1) is 9.11. The van der Waals surface area contributed by atoms with Gasteiger partial charge in [0.1, 0.15) is 5.75 Å². The first kappa shape index (κ1) is 13.7. The van der Waals surface area contributed by atoms with E-state index in [2.05, 4.69) is 49.0 Å². The zero-order valence-electron chi connectivity index (χ0n) is 12.2. The Labute approximate surface area is 115 Å². The van der Waals surface area contributed by atoms with Crippen LogP contribution in [0.1, 0.15) is 22.5 Å². The molecule has 1 heterocycles. The van der Waals surface area contributed by atoms with Crippen LogP contribution < -0.4 is 10.1 Å². The molecule has 0 unspecified atom stereocenters. The van der Waals surface area contributed by atoms with Crippen LogP contribution in [0, 0.1) is 13.8 Å². The van der Waals surface area contributed by atoms with Crippen LogP contribution in [-0.2, 0) is 20.1 Å². The predicted molar refractivity (Wildman–Crippen MR) is 78.4 cm³/mol. The maximum Gasteiger partial charge on any atom is 0.118 e. The van der Waals surface area contributed by atoms with Crippen LogP contribution in [0.2, 0.25) is 0 Å². The summed E-state index contributed by atoms with van der Waals surface area (Å²) in [7, 11) is 3.80. The van der Waals surface area contributed by atoms with Gasteiger partial charge in [0.05, 0.1) is 7.11 Å². The lowest BCUT2D eigenvalue weighted by Crippen LogP contribution is -2.13. The van der Waals surface area contributed by atoms with Crippen molar-refractivity contribution in [3.05, 3.63) is 52.8 Å². The van der Waals surface area contributed by atoms with Crippen molar-refractivity contribution in [2.45, 2.75) is 26.9 Å². The number of nitrogens with one attached hydrogen (secondary N) is 1. The van der Waals surface area contributed by atoms with Crippen LogP contribution in [0.5, 0.6) is 5.75 Å². The molecule has 19 heavy (non-hydrogen) atoms. The molecule has 3 nitrogen and oxygen atoms in total. The lowest BCUT2D eigenvalue weighted by Gasteiger charge is -2.06. The minimum atomic E-state index is 0.872. The molecule has 1 aromatic heterocycles. The van der Waals surface area contributed by atoms with Crippen molar-refractivity contribution < 1.29 is 4.74 Å². The molecule has 0 spiro atoms. The number of methoxy groups -OCH3 is 1. The maximum absolute atomic E-state index is 5.15. The predicted octanol–water partition coefficient (Wildman–Crippen LogP) is 2.94. The molecule has 0 fully saturated rings. The van der Waals surface area contributed by atoms with Gasteiger partial charge < -0.3 is 14.6 Å². The van der Waals surface area contributed by atoms with Crippen molar-refractivity contribution in [3.8, 4) is 5.75 Å². The molecule has 0 aliphatic rings. The van der Waals surface area contributed by atoms with Crippen molar-refractivity contribution >= 4 is 0 Å². The smallest absolute Gasteiger partial charge is 0.118 e. The average Bonchev–Trinajstić information content (AvgIpc) is 2.67. The van der Waals surface area contributed by atoms with E-state index in [0.717, 1.165) is 18.8 Å². The molecule has 3 heteroatoms. The van der Waals surface area contributed by atoms with Gasteiger partial charge >= 0.3 is 0 Å². The maximum atomic E-state index is 5.15. The number of aromatic nitrogens is 1. The second kappa shape index (κ2) is 5.93. The average molecular weight is 258 g/mol. The van der Waals surface area contributed by atoms with Crippen LogP contribution in [0.3, 0.4) is 0 Å². The van der Waals surface area contributed by atoms with Crippen LogP contribution in [0.25, 0.3) is 0 Å². The number of ether oxygens (including phenoxy) is 1. The highest BCUT2D eigenvalue weighted by Gasteiger charge is 2.05. The van der Waals surface area contributed by atoms with Crippen molar-refractivity contribution in [2.24, 2.45) is 7.05 Å². The molecule has 0 radical (unpaired) electrons. The van der Waals surface area contributed by atoms with Gasteiger partial charge in [0, 0.05) is 31.5 Å². The van der Waals surface area contributed by atoms with Gasteiger partial charge in [-0.2, -0.15) is 0 Å². The molecule has 0 aliphatic carbocycles. The highest BCUT2D eigenvalue weighted by molar-refractivity contribution is 5.28. The summed E-state index contributed by atoms with van der Waals surface area (Å²) in [6, 6.07) is 10.4. The Kier molecular flexibility index (Phi) is 4.27. The fourth-order valence-corrected chi connectivity index (χ4v) is 2.20. The number of nitrogens with zero attached hydrogens (tertiary/aromatic N) is 1. The first-order valence-corrected chi connectivity index (χ1v) is 6.57. The molecule has 1 aromatic carbocycles. The third kappa shape index (κ3) is 3.18. The normalized spacial score (nSPS) is 10.7. The topological polar surface area (TPSA) is 26.2 Å². The summed E-state index contributed by atoms with van der Waals surface area (Å²) in [4.78, 5) is 0. The van der Waals surface area contributed by atoms with Crippen molar-refractivity contribution in [3.63, 3.8) is 0 Å². The summed E-state index contributed by atoms with van der Waals surface area (Å²) < 4.78 is 7.38. The van der Waals surface area contributed by atoms with Gasteiger partial charge in [-0.15, -0.1) is 0 Å². The monoisotopic (exact) mass is 258 g/mol. The van der Waals surface area contributed by atoms with E-state index in [-0.39, 0.29) is 0 Å². The fourth-order valence-electron chi connectivity index (χ4n) is 2.20. The number of hydrogen-bond acceptors (Lipinski definition) is 2. The molecule has 1 N–H and O–H groups in total. The van der Waals surface area contributed by atoms with Crippen LogP contribution >= 0.6 is 0 Å². The molecule has 2 aromatic rings. The van der Waals surface area contributed by atoms with E-state index in [1.165, 1.54) is 22.5 Å². The van der Waals surface area contributed by atoms with Gasteiger partial charge in [0.15, 0.2) is 0 Å².